The van der Waals surface area contributed by atoms with Crippen LogP contribution >= 0.6 is 12.4 Å². The first-order chi connectivity index (χ1) is 11.7. The molecule has 0 aromatic rings. The van der Waals surface area contributed by atoms with E-state index in [0.29, 0.717) is 0 Å². The molecule has 1 nitrogen and oxygen atoms in total. The van der Waals surface area contributed by atoms with Crippen LogP contribution in [0.1, 0.15) is 143 Å². The van der Waals surface area contributed by atoms with Crippen LogP contribution in [0.25, 0.3) is 0 Å². The van der Waals surface area contributed by atoms with Crippen molar-refractivity contribution in [3.05, 3.63) is 0 Å². The minimum atomic E-state index is 0. The van der Waals surface area contributed by atoms with E-state index in [9.17, 15) is 0 Å². The SMILES string of the molecule is CCCCCCCCC(N)(CCCCCCC)CCCCCCC.Cl. The van der Waals surface area contributed by atoms with Crippen molar-refractivity contribution in [3.63, 3.8) is 0 Å². The normalized spacial score (nSPS) is 11.5. The fourth-order valence-corrected chi connectivity index (χ4v) is 3.79. The van der Waals surface area contributed by atoms with Crippen LogP contribution in [-0.2, 0) is 0 Å². The molecule has 0 radical (unpaired) electrons. The van der Waals surface area contributed by atoms with Crippen LogP contribution in [0.2, 0.25) is 0 Å². The highest BCUT2D eigenvalue weighted by atomic mass is 35.5. The van der Waals surface area contributed by atoms with Gasteiger partial charge in [0.15, 0.2) is 0 Å². The second-order valence-corrected chi connectivity index (χ2v) is 8.21. The molecule has 0 bridgehead atoms. The zero-order chi connectivity index (χ0) is 17.9. The highest BCUT2D eigenvalue weighted by Crippen LogP contribution is 2.26. The molecule has 0 aromatic carbocycles. The number of hydrogen-bond donors (Lipinski definition) is 1. The Hall–Kier alpha value is 0.250. The summed E-state index contributed by atoms with van der Waals surface area (Å²) in [6.45, 7) is 6.88. The first-order valence-corrected chi connectivity index (χ1v) is 11.5. The molecule has 0 aliphatic carbocycles. The van der Waals surface area contributed by atoms with Crippen LogP contribution in [0, 0.1) is 0 Å². The number of hydrogen-bond acceptors (Lipinski definition) is 1. The Balaban J connectivity index is 0. The standard InChI is InChI=1S/C23H49N.ClH/c1-4-7-10-13-16-19-22-23(24,20-17-14-11-8-5-2)21-18-15-12-9-6-3;/h4-22,24H2,1-3H3;1H. The molecule has 25 heavy (non-hydrogen) atoms. The molecule has 0 heterocycles. The number of halogens is 1. The van der Waals surface area contributed by atoms with Gasteiger partial charge in [0.05, 0.1) is 0 Å². The van der Waals surface area contributed by atoms with Crippen LogP contribution in [0.3, 0.4) is 0 Å². The molecule has 154 valence electrons. The van der Waals surface area contributed by atoms with Gasteiger partial charge in [-0.15, -0.1) is 12.4 Å². The summed E-state index contributed by atoms with van der Waals surface area (Å²) < 4.78 is 0. The predicted molar refractivity (Wildman–Crippen MR) is 119 cm³/mol. The smallest absolute Gasteiger partial charge is 0.0154 e. The molecule has 0 amide bonds. The van der Waals surface area contributed by atoms with E-state index in [1.54, 1.807) is 0 Å². The van der Waals surface area contributed by atoms with Gasteiger partial charge in [0.25, 0.3) is 0 Å². The van der Waals surface area contributed by atoms with Gasteiger partial charge in [-0.1, -0.05) is 124 Å². The first kappa shape index (κ1) is 27.5. The second kappa shape index (κ2) is 20.6. The molecule has 0 fully saturated rings. The summed E-state index contributed by atoms with van der Waals surface area (Å²) in [5.74, 6) is 0. The van der Waals surface area contributed by atoms with E-state index >= 15 is 0 Å². The third-order valence-electron chi connectivity index (χ3n) is 5.58. The van der Waals surface area contributed by atoms with Crippen molar-refractivity contribution in [1.29, 1.82) is 0 Å². The van der Waals surface area contributed by atoms with Gasteiger partial charge < -0.3 is 5.73 Å². The van der Waals surface area contributed by atoms with Gasteiger partial charge in [0, 0.05) is 5.54 Å². The Labute approximate surface area is 166 Å². The Morgan fingerprint density at radius 1 is 0.440 bits per heavy atom. The Morgan fingerprint density at radius 3 is 0.960 bits per heavy atom. The first-order valence-electron chi connectivity index (χ1n) is 11.5. The molecular weight excluding hydrogens is 326 g/mol. The highest BCUT2D eigenvalue weighted by Gasteiger charge is 2.23. The Morgan fingerprint density at radius 2 is 0.680 bits per heavy atom. The maximum Gasteiger partial charge on any atom is 0.0154 e. The summed E-state index contributed by atoms with van der Waals surface area (Å²) in [6.07, 6.45) is 25.9. The van der Waals surface area contributed by atoms with Crippen molar-refractivity contribution in [2.45, 2.75) is 148 Å². The molecule has 0 aliphatic rings. The van der Waals surface area contributed by atoms with Gasteiger partial charge in [-0.2, -0.15) is 0 Å². The lowest BCUT2D eigenvalue weighted by molar-refractivity contribution is 0.303. The summed E-state index contributed by atoms with van der Waals surface area (Å²) in [7, 11) is 0. The summed E-state index contributed by atoms with van der Waals surface area (Å²) in [5.41, 5.74) is 7.01. The quantitative estimate of drug-likeness (QED) is 0.225. The molecule has 2 heteroatoms. The maximum absolute atomic E-state index is 6.87. The Kier molecular flexibility index (Phi) is 22.6. The minimum absolute atomic E-state index is 0. The van der Waals surface area contributed by atoms with Crippen molar-refractivity contribution in [3.8, 4) is 0 Å². The summed E-state index contributed by atoms with van der Waals surface area (Å²) >= 11 is 0. The van der Waals surface area contributed by atoms with Crippen LogP contribution in [-0.4, -0.2) is 5.54 Å². The summed E-state index contributed by atoms with van der Waals surface area (Å²) in [6, 6.07) is 0. The zero-order valence-electron chi connectivity index (χ0n) is 17.9. The molecule has 0 atom stereocenters. The van der Waals surface area contributed by atoms with E-state index in [4.69, 9.17) is 5.73 Å². The largest absolute Gasteiger partial charge is 0.325 e. The number of unbranched alkanes of at least 4 members (excludes halogenated alkanes) is 13. The van der Waals surface area contributed by atoms with Crippen molar-refractivity contribution in [2.75, 3.05) is 0 Å². The minimum Gasteiger partial charge on any atom is -0.325 e. The van der Waals surface area contributed by atoms with Crippen molar-refractivity contribution in [1.82, 2.24) is 0 Å². The highest BCUT2D eigenvalue weighted by molar-refractivity contribution is 5.85. The van der Waals surface area contributed by atoms with E-state index in [2.05, 4.69) is 20.8 Å². The molecule has 0 rings (SSSR count). The molecule has 0 saturated carbocycles. The number of nitrogens with two attached hydrogens (primary N) is 1. The third-order valence-corrected chi connectivity index (χ3v) is 5.58. The van der Waals surface area contributed by atoms with Gasteiger partial charge >= 0.3 is 0 Å². The average molecular weight is 376 g/mol. The lowest BCUT2D eigenvalue weighted by Crippen LogP contribution is -2.39. The summed E-state index contributed by atoms with van der Waals surface area (Å²) in [5, 5.41) is 0. The fraction of sp³-hybridized carbons (Fsp3) is 1.00. The van der Waals surface area contributed by atoms with E-state index in [1.807, 2.05) is 0 Å². The lowest BCUT2D eigenvalue weighted by atomic mass is 9.82. The molecular formula is C23H50ClN. The molecule has 0 aromatic heterocycles. The van der Waals surface area contributed by atoms with Crippen molar-refractivity contribution >= 4 is 12.4 Å². The van der Waals surface area contributed by atoms with Gasteiger partial charge in [0.2, 0.25) is 0 Å². The molecule has 0 aliphatic heterocycles. The van der Waals surface area contributed by atoms with Crippen LogP contribution in [0.15, 0.2) is 0 Å². The predicted octanol–water partition coefficient (Wildman–Crippen LogP) is 8.58. The van der Waals surface area contributed by atoms with Crippen molar-refractivity contribution in [2.24, 2.45) is 5.73 Å². The van der Waals surface area contributed by atoms with Crippen LogP contribution in [0.4, 0.5) is 0 Å². The van der Waals surface area contributed by atoms with Crippen LogP contribution in [0.5, 0.6) is 0 Å². The lowest BCUT2D eigenvalue weighted by Gasteiger charge is -2.30. The Bertz CT molecular complexity index is 228. The maximum atomic E-state index is 6.87. The second-order valence-electron chi connectivity index (χ2n) is 8.21. The fourth-order valence-electron chi connectivity index (χ4n) is 3.79. The van der Waals surface area contributed by atoms with Gasteiger partial charge in [-0.3, -0.25) is 0 Å². The van der Waals surface area contributed by atoms with E-state index < -0.39 is 0 Å². The van der Waals surface area contributed by atoms with Gasteiger partial charge in [-0.25, -0.2) is 0 Å². The zero-order valence-corrected chi connectivity index (χ0v) is 18.7. The van der Waals surface area contributed by atoms with E-state index in [1.165, 1.54) is 122 Å². The summed E-state index contributed by atoms with van der Waals surface area (Å²) in [4.78, 5) is 0. The van der Waals surface area contributed by atoms with E-state index in [-0.39, 0.29) is 17.9 Å². The molecule has 0 spiro atoms. The molecule has 0 unspecified atom stereocenters. The third kappa shape index (κ3) is 18.8. The average Bonchev–Trinajstić information content (AvgIpc) is 2.58. The molecule has 2 N–H and O–H groups in total. The monoisotopic (exact) mass is 375 g/mol. The van der Waals surface area contributed by atoms with E-state index in [0.717, 1.165) is 0 Å². The van der Waals surface area contributed by atoms with Crippen molar-refractivity contribution < 1.29 is 0 Å². The topological polar surface area (TPSA) is 26.0 Å². The number of rotatable bonds is 19. The van der Waals surface area contributed by atoms with Gasteiger partial charge in [-0.05, 0) is 19.3 Å². The van der Waals surface area contributed by atoms with Gasteiger partial charge in [0.1, 0.15) is 0 Å². The molecule has 0 saturated heterocycles. The van der Waals surface area contributed by atoms with Crippen LogP contribution < -0.4 is 5.73 Å².